The zero-order valence-corrected chi connectivity index (χ0v) is 16.5. The SMILES string of the molecule is O=C(CCn1cnc2ccccc2c1=O)Nc1nc(CN2CCCCC2)cs1. The molecule has 1 saturated heterocycles. The number of nitrogens with zero attached hydrogens (tertiary/aromatic N) is 4. The Morgan fingerprint density at radius 2 is 2.00 bits per heavy atom. The van der Waals surface area contributed by atoms with E-state index in [2.05, 4.69) is 20.2 Å². The molecule has 1 fully saturated rings. The Bertz CT molecular complexity index is 1020. The van der Waals surface area contributed by atoms with Crippen molar-refractivity contribution >= 4 is 33.3 Å². The van der Waals surface area contributed by atoms with Gasteiger partial charge in [-0.05, 0) is 38.1 Å². The van der Waals surface area contributed by atoms with E-state index in [1.165, 1.54) is 41.5 Å². The number of carbonyl (C=O) groups excluding carboxylic acids is 1. The number of hydrogen-bond donors (Lipinski definition) is 1. The van der Waals surface area contributed by atoms with Gasteiger partial charge in [0, 0.05) is 24.9 Å². The number of rotatable bonds is 6. The van der Waals surface area contributed by atoms with Crippen molar-refractivity contribution in [1.29, 1.82) is 0 Å². The van der Waals surface area contributed by atoms with Crippen LogP contribution in [0.4, 0.5) is 5.13 Å². The van der Waals surface area contributed by atoms with E-state index in [0.717, 1.165) is 25.3 Å². The van der Waals surface area contributed by atoms with Gasteiger partial charge in [-0.15, -0.1) is 11.3 Å². The fourth-order valence-electron chi connectivity index (χ4n) is 3.45. The lowest BCUT2D eigenvalue weighted by Crippen LogP contribution is -2.29. The highest BCUT2D eigenvalue weighted by Gasteiger charge is 2.13. The standard InChI is InChI=1S/C20H23N5O2S/c26-18(8-11-25-14-21-17-7-3-2-6-16(17)19(25)27)23-20-22-15(13-28-20)12-24-9-4-1-5-10-24/h2-3,6-7,13-14H,1,4-5,8-12H2,(H,22,23,26). The van der Waals surface area contributed by atoms with E-state index in [9.17, 15) is 9.59 Å². The van der Waals surface area contributed by atoms with Crippen LogP contribution in [0.1, 0.15) is 31.4 Å². The number of thiazole rings is 1. The molecule has 4 rings (SSSR count). The fourth-order valence-corrected chi connectivity index (χ4v) is 4.17. The number of aromatic nitrogens is 3. The molecule has 0 spiro atoms. The van der Waals surface area contributed by atoms with E-state index < -0.39 is 0 Å². The van der Waals surface area contributed by atoms with Gasteiger partial charge in [0.25, 0.3) is 5.56 Å². The van der Waals surface area contributed by atoms with E-state index in [4.69, 9.17) is 0 Å². The van der Waals surface area contributed by atoms with Gasteiger partial charge in [-0.25, -0.2) is 9.97 Å². The van der Waals surface area contributed by atoms with Crippen LogP contribution in [0.3, 0.4) is 0 Å². The van der Waals surface area contributed by atoms with Gasteiger partial charge in [-0.3, -0.25) is 19.1 Å². The minimum atomic E-state index is -0.154. The molecule has 0 atom stereocenters. The van der Waals surface area contributed by atoms with Crippen molar-refractivity contribution in [1.82, 2.24) is 19.4 Å². The molecule has 3 aromatic rings. The van der Waals surface area contributed by atoms with E-state index in [-0.39, 0.29) is 24.4 Å². The third-order valence-electron chi connectivity index (χ3n) is 4.94. The van der Waals surface area contributed by atoms with Crippen molar-refractivity contribution in [3.63, 3.8) is 0 Å². The number of amides is 1. The van der Waals surface area contributed by atoms with Crippen molar-refractivity contribution in [3.05, 3.63) is 52.0 Å². The smallest absolute Gasteiger partial charge is 0.261 e. The van der Waals surface area contributed by atoms with Crippen LogP contribution in [0.2, 0.25) is 0 Å². The summed E-state index contributed by atoms with van der Waals surface area (Å²) in [5, 5.41) is 6.02. The first-order valence-corrected chi connectivity index (χ1v) is 10.5. The summed E-state index contributed by atoms with van der Waals surface area (Å²) in [4.78, 5) is 35.9. The summed E-state index contributed by atoms with van der Waals surface area (Å²) in [6, 6.07) is 7.21. The van der Waals surface area contributed by atoms with Crippen molar-refractivity contribution in [2.45, 2.75) is 38.8 Å². The van der Waals surface area contributed by atoms with Gasteiger partial charge in [-0.1, -0.05) is 18.6 Å². The van der Waals surface area contributed by atoms with Crippen LogP contribution >= 0.6 is 11.3 Å². The Morgan fingerprint density at radius 3 is 2.86 bits per heavy atom. The van der Waals surface area contributed by atoms with Crippen LogP contribution in [0, 0.1) is 0 Å². The van der Waals surface area contributed by atoms with Crippen molar-refractivity contribution in [2.75, 3.05) is 18.4 Å². The minimum absolute atomic E-state index is 0.128. The number of anilines is 1. The highest BCUT2D eigenvalue weighted by Crippen LogP contribution is 2.19. The second-order valence-electron chi connectivity index (χ2n) is 7.04. The summed E-state index contributed by atoms with van der Waals surface area (Å²) in [7, 11) is 0. The number of benzene rings is 1. The molecular weight excluding hydrogens is 374 g/mol. The Balaban J connectivity index is 1.32. The first-order chi connectivity index (χ1) is 13.7. The summed E-state index contributed by atoms with van der Waals surface area (Å²) < 4.78 is 1.48. The molecule has 7 nitrogen and oxygen atoms in total. The molecule has 1 aromatic carbocycles. The molecular formula is C20H23N5O2S. The maximum absolute atomic E-state index is 12.5. The molecule has 0 unspecified atom stereocenters. The third kappa shape index (κ3) is 4.45. The average Bonchev–Trinajstić information content (AvgIpc) is 3.15. The topological polar surface area (TPSA) is 80.1 Å². The maximum atomic E-state index is 12.5. The second-order valence-corrected chi connectivity index (χ2v) is 7.90. The molecule has 3 heterocycles. The summed E-state index contributed by atoms with van der Waals surface area (Å²) in [6.07, 6.45) is 5.50. The first-order valence-electron chi connectivity index (χ1n) is 9.60. The van der Waals surface area contributed by atoms with Gasteiger partial charge in [-0.2, -0.15) is 0 Å². The van der Waals surface area contributed by atoms with E-state index in [1.807, 2.05) is 17.5 Å². The van der Waals surface area contributed by atoms with Gasteiger partial charge in [0.15, 0.2) is 5.13 Å². The number of hydrogen-bond acceptors (Lipinski definition) is 6. The summed E-state index contributed by atoms with van der Waals surface area (Å²) in [6.45, 7) is 3.36. The fraction of sp³-hybridized carbons (Fsp3) is 0.400. The zero-order valence-electron chi connectivity index (χ0n) is 15.6. The van der Waals surface area contributed by atoms with Gasteiger partial charge < -0.3 is 5.32 Å². The third-order valence-corrected chi connectivity index (χ3v) is 5.75. The van der Waals surface area contributed by atoms with Crippen LogP contribution in [0.5, 0.6) is 0 Å². The highest BCUT2D eigenvalue weighted by atomic mass is 32.1. The van der Waals surface area contributed by atoms with Crippen molar-refractivity contribution in [2.24, 2.45) is 0 Å². The number of likely N-dealkylation sites (tertiary alicyclic amines) is 1. The van der Waals surface area contributed by atoms with Crippen LogP contribution in [-0.4, -0.2) is 38.4 Å². The Morgan fingerprint density at radius 1 is 1.18 bits per heavy atom. The van der Waals surface area contributed by atoms with Crippen molar-refractivity contribution in [3.8, 4) is 0 Å². The molecule has 146 valence electrons. The number of fused-ring (bicyclic) bond motifs is 1. The summed E-state index contributed by atoms with van der Waals surface area (Å²) >= 11 is 1.44. The van der Waals surface area contributed by atoms with Crippen LogP contribution in [-0.2, 0) is 17.9 Å². The molecule has 1 amide bonds. The second kappa shape index (κ2) is 8.62. The number of nitrogens with one attached hydrogen (secondary N) is 1. The molecule has 1 N–H and O–H groups in total. The van der Waals surface area contributed by atoms with Gasteiger partial charge in [0.05, 0.1) is 22.9 Å². The minimum Gasteiger partial charge on any atom is -0.302 e. The molecule has 2 aromatic heterocycles. The summed E-state index contributed by atoms with van der Waals surface area (Å²) in [5.74, 6) is -0.154. The molecule has 28 heavy (non-hydrogen) atoms. The monoisotopic (exact) mass is 397 g/mol. The number of aryl methyl sites for hydroxylation is 1. The van der Waals surface area contributed by atoms with Crippen LogP contribution < -0.4 is 10.9 Å². The summed E-state index contributed by atoms with van der Waals surface area (Å²) in [5.41, 5.74) is 1.53. The number of carbonyl (C=O) groups is 1. The van der Waals surface area contributed by atoms with Crippen molar-refractivity contribution < 1.29 is 4.79 Å². The Hall–Kier alpha value is -2.58. The largest absolute Gasteiger partial charge is 0.302 e. The predicted molar refractivity (Wildman–Crippen MR) is 110 cm³/mol. The molecule has 0 bridgehead atoms. The van der Waals surface area contributed by atoms with E-state index in [0.29, 0.717) is 16.0 Å². The van der Waals surface area contributed by atoms with Crippen LogP contribution in [0.25, 0.3) is 10.9 Å². The Labute approximate surface area is 167 Å². The number of para-hydroxylation sites is 1. The van der Waals surface area contributed by atoms with Gasteiger partial charge in [0.2, 0.25) is 5.91 Å². The predicted octanol–water partition coefficient (Wildman–Crippen LogP) is 2.87. The molecule has 0 aliphatic carbocycles. The molecule has 0 radical (unpaired) electrons. The number of piperidine rings is 1. The quantitative estimate of drug-likeness (QED) is 0.692. The first kappa shape index (κ1) is 18.8. The lowest BCUT2D eigenvalue weighted by Gasteiger charge is -2.25. The zero-order chi connectivity index (χ0) is 19.3. The lowest BCUT2D eigenvalue weighted by atomic mass is 10.1. The maximum Gasteiger partial charge on any atom is 0.261 e. The average molecular weight is 398 g/mol. The molecule has 1 aliphatic rings. The molecule has 1 aliphatic heterocycles. The van der Waals surface area contributed by atoms with Gasteiger partial charge in [0.1, 0.15) is 0 Å². The van der Waals surface area contributed by atoms with Gasteiger partial charge >= 0.3 is 0 Å². The Kier molecular flexibility index (Phi) is 5.78. The van der Waals surface area contributed by atoms with Crippen LogP contribution in [0.15, 0.2) is 40.8 Å². The molecule has 0 saturated carbocycles. The molecule has 8 heteroatoms. The highest BCUT2D eigenvalue weighted by molar-refractivity contribution is 7.13. The lowest BCUT2D eigenvalue weighted by molar-refractivity contribution is -0.116. The van der Waals surface area contributed by atoms with E-state index >= 15 is 0 Å². The normalized spacial score (nSPS) is 15.0. The van der Waals surface area contributed by atoms with E-state index in [1.54, 1.807) is 12.1 Å².